The highest BCUT2D eigenvalue weighted by atomic mass is 31.1. The van der Waals surface area contributed by atoms with Gasteiger partial charge >= 0.3 is 8.25 Å². The lowest BCUT2D eigenvalue weighted by atomic mass is 10.1. The molecular weight excluding hydrogens is 583 g/mol. The SMILES string of the molecule is CCCCCCCCCC.CCCCCCCCCC.CCCCCCCCCC.CCCCCCCCCC.CO[PH](=O)OC. The summed E-state index contributed by atoms with van der Waals surface area (Å²) in [5.41, 5.74) is 0. The summed E-state index contributed by atoms with van der Waals surface area (Å²) in [6.07, 6.45) is 45.8. The van der Waals surface area contributed by atoms with Crippen LogP contribution in [0.3, 0.4) is 0 Å². The molecular formula is C42H95O3P. The maximum absolute atomic E-state index is 9.92. The van der Waals surface area contributed by atoms with Gasteiger partial charge in [0.15, 0.2) is 0 Å². The highest BCUT2D eigenvalue weighted by Crippen LogP contribution is 2.18. The third-order valence-electron chi connectivity index (χ3n) is 8.16. The van der Waals surface area contributed by atoms with Crippen LogP contribution in [0, 0.1) is 0 Å². The Hall–Kier alpha value is 0.150. The molecule has 0 fully saturated rings. The molecule has 4 heteroatoms. The van der Waals surface area contributed by atoms with Gasteiger partial charge in [0.05, 0.1) is 0 Å². The van der Waals surface area contributed by atoms with E-state index in [1.807, 2.05) is 0 Å². The summed E-state index contributed by atoms with van der Waals surface area (Å²) in [6.45, 7) is 18.2. The van der Waals surface area contributed by atoms with Crippen LogP contribution in [-0.4, -0.2) is 14.2 Å². The number of unbranched alkanes of at least 4 members (excludes halogenated alkanes) is 28. The minimum absolute atomic E-state index is 1.34. The van der Waals surface area contributed by atoms with Crippen molar-refractivity contribution in [3.05, 3.63) is 0 Å². The van der Waals surface area contributed by atoms with Crippen molar-refractivity contribution in [2.45, 2.75) is 261 Å². The summed E-state index contributed by atoms with van der Waals surface area (Å²) in [5.74, 6) is 0. The van der Waals surface area contributed by atoms with Crippen LogP contribution in [0.25, 0.3) is 0 Å². The zero-order chi connectivity index (χ0) is 35.6. The van der Waals surface area contributed by atoms with E-state index in [9.17, 15) is 4.57 Å². The van der Waals surface area contributed by atoms with Gasteiger partial charge in [-0.05, 0) is 0 Å². The molecule has 0 unspecified atom stereocenters. The Labute approximate surface area is 296 Å². The average Bonchev–Trinajstić information content (AvgIpc) is 3.08. The van der Waals surface area contributed by atoms with Crippen molar-refractivity contribution in [3.8, 4) is 0 Å². The summed E-state index contributed by atoms with van der Waals surface area (Å²) < 4.78 is 18.4. The van der Waals surface area contributed by atoms with Gasteiger partial charge in [-0.1, -0.05) is 261 Å². The largest absolute Gasteiger partial charge is 0.318 e. The Balaban J connectivity index is -0.000000154. The van der Waals surface area contributed by atoms with Gasteiger partial charge in [-0.2, -0.15) is 0 Å². The van der Waals surface area contributed by atoms with Gasteiger partial charge in [0.25, 0.3) is 0 Å². The second kappa shape index (κ2) is 63.8. The zero-order valence-electron chi connectivity index (χ0n) is 34.4. The molecule has 0 N–H and O–H groups in total. The van der Waals surface area contributed by atoms with Crippen molar-refractivity contribution >= 4 is 8.25 Å². The Morgan fingerprint density at radius 2 is 0.370 bits per heavy atom. The molecule has 0 bridgehead atoms. The molecule has 0 aliphatic rings. The fourth-order valence-electron chi connectivity index (χ4n) is 4.91. The van der Waals surface area contributed by atoms with E-state index in [4.69, 9.17) is 0 Å². The molecule has 0 atom stereocenters. The van der Waals surface area contributed by atoms with Gasteiger partial charge in [-0.3, -0.25) is 4.57 Å². The first-order valence-electron chi connectivity index (χ1n) is 21.1. The van der Waals surface area contributed by atoms with E-state index in [1.165, 1.54) is 220 Å². The molecule has 0 aromatic heterocycles. The first kappa shape index (κ1) is 55.6. The van der Waals surface area contributed by atoms with Gasteiger partial charge in [0.2, 0.25) is 0 Å². The highest BCUT2D eigenvalue weighted by Gasteiger charge is 1.90. The van der Waals surface area contributed by atoms with Crippen molar-refractivity contribution in [1.29, 1.82) is 0 Å². The minimum atomic E-state index is -2.12. The van der Waals surface area contributed by atoms with Gasteiger partial charge < -0.3 is 9.05 Å². The average molecular weight is 679 g/mol. The van der Waals surface area contributed by atoms with E-state index < -0.39 is 8.25 Å². The van der Waals surface area contributed by atoms with E-state index in [0.29, 0.717) is 0 Å². The Bertz CT molecular complexity index is 343. The molecule has 0 spiro atoms. The van der Waals surface area contributed by atoms with Crippen LogP contribution >= 0.6 is 8.25 Å². The molecule has 0 heterocycles. The minimum Gasteiger partial charge on any atom is -0.314 e. The Morgan fingerprint density at radius 3 is 0.435 bits per heavy atom. The molecule has 0 saturated carbocycles. The van der Waals surface area contributed by atoms with Crippen LogP contribution < -0.4 is 0 Å². The van der Waals surface area contributed by atoms with E-state index in [0.717, 1.165) is 0 Å². The molecule has 0 amide bonds. The molecule has 0 saturated heterocycles. The molecule has 3 nitrogen and oxygen atoms in total. The molecule has 0 aliphatic carbocycles. The molecule has 46 heavy (non-hydrogen) atoms. The van der Waals surface area contributed by atoms with Crippen molar-refractivity contribution < 1.29 is 13.6 Å². The van der Waals surface area contributed by atoms with E-state index in [2.05, 4.69) is 64.4 Å². The van der Waals surface area contributed by atoms with Crippen LogP contribution in [0.1, 0.15) is 261 Å². The Morgan fingerprint density at radius 1 is 0.261 bits per heavy atom. The van der Waals surface area contributed by atoms with Gasteiger partial charge in [-0.25, -0.2) is 0 Å². The summed E-state index contributed by atoms with van der Waals surface area (Å²) in [6, 6.07) is 0. The van der Waals surface area contributed by atoms with Crippen LogP contribution in [0.2, 0.25) is 0 Å². The summed E-state index contributed by atoms with van der Waals surface area (Å²) in [5, 5.41) is 0. The van der Waals surface area contributed by atoms with Gasteiger partial charge in [0, 0.05) is 14.2 Å². The zero-order valence-corrected chi connectivity index (χ0v) is 35.4. The first-order chi connectivity index (χ1) is 22.5. The second-order valence-electron chi connectivity index (χ2n) is 13.1. The van der Waals surface area contributed by atoms with E-state index >= 15 is 0 Å². The number of rotatable bonds is 30. The number of hydrogen-bond acceptors (Lipinski definition) is 3. The standard InChI is InChI=1S/4C10H22.C2H7O3P/c4*1-3-5-7-9-10-8-6-4-2;1-4-6(3)5-2/h4*3-10H2,1-2H3;6H,1-2H3. The predicted octanol–water partition coefficient (Wildman–Crippen LogP) is 17.3. The first-order valence-corrected chi connectivity index (χ1v) is 22.3. The van der Waals surface area contributed by atoms with Crippen molar-refractivity contribution in [2.75, 3.05) is 14.2 Å². The van der Waals surface area contributed by atoms with Crippen molar-refractivity contribution in [2.24, 2.45) is 0 Å². The fourth-order valence-corrected chi connectivity index (χ4v) is 5.08. The molecule has 286 valence electrons. The number of hydrogen-bond donors (Lipinski definition) is 0. The molecule has 0 rings (SSSR count). The molecule has 0 aromatic carbocycles. The lowest BCUT2D eigenvalue weighted by Gasteiger charge is -1.97. The van der Waals surface area contributed by atoms with Crippen LogP contribution in [0.15, 0.2) is 0 Å². The molecule has 0 radical (unpaired) electrons. The topological polar surface area (TPSA) is 35.5 Å². The van der Waals surface area contributed by atoms with Crippen LogP contribution in [-0.2, 0) is 13.6 Å². The van der Waals surface area contributed by atoms with Crippen LogP contribution in [0.4, 0.5) is 0 Å². The molecule has 0 aliphatic heterocycles. The fraction of sp³-hybridized carbons (Fsp3) is 1.00. The summed E-state index contributed by atoms with van der Waals surface area (Å²) >= 11 is 0. The highest BCUT2D eigenvalue weighted by molar-refractivity contribution is 7.33. The van der Waals surface area contributed by atoms with E-state index in [-0.39, 0.29) is 0 Å². The van der Waals surface area contributed by atoms with Crippen LogP contribution in [0.5, 0.6) is 0 Å². The van der Waals surface area contributed by atoms with E-state index in [1.54, 1.807) is 0 Å². The molecule has 0 aromatic rings. The van der Waals surface area contributed by atoms with Crippen molar-refractivity contribution in [3.63, 3.8) is 0 Å². The summed E-state index contributed by atoms with van der Waals surface area (Å²) in [7, 11) is 0.558. The lowest BCUT2D eigenvalue weighted by molar-refractivity contribution is 0.302. The third kappa shape index (κ3) is 79.5. The summed E-state index contributed by atoms with van der Waals surface area (Å²) in [4.78, 5) is 0. The predicted molar refractivity (Wildman–Crippen MR) is 216 cm³/mol. The monoisotopic (exact) mass is 679 g/mol. The quantitative estimate of drug-likeness (QED) is 0.0560. The van der Waals surface area contributed by atoms with Crippen molar-refractivity contribution in [1.82, 2.24) is 0 Å². The third-order valence-corrected chi connectivity index (χ3v) is 8.83. The maximum Gasteiger partial charge on any atom is 0.318 e. The van der Waals surface area contributed by atoms with Gasteiger partial charge in [-0.15, -0.1) is 0 Å². The lowest BCUT2D eigenvalue weighted by Crippen LogP contribution is -1.77. The van der Waals surface area contributed by atoms with Gasteiger partial charge in [0.1, 0.15) is 0 Å². The smallest absolute Gasteiger partial charge is 0.314 e. The second-order valence-corrected chi connectivity index (χ2v) is 14.5. The maximum atomic E-state index is 9.92. The normalized spacial score (nSPS) is 10.2. The Kier molecular flexibility index (Phi) is 77.0.